The van der Waals surface area contributed by atoms with Gasteiger partial charge in [-0.3, -0.25) is 4.18 Å². The predicted octanol–water partition coefficient (Wildman–Crippen LogP) is 1.91. The van der Waals surface area contributed by atoms with E-state index in [1.54, 1.807) is 20.8 Å². The molecule has 18 heavy (non-hydrogen) atoms. The zero-order chi connectivity index (χ0) is 14.1. The Morgan fingerprint density at radius 3 is 2.50 bits per heavy atom. The molecule has 0 bridgehead atoms. The van der Waals surface area contributed by atoms with E-state index in [1.165, 1.54) is 0 Å². The van der Waals surface area contributed by atoms with Crippen molar-refractivity contribution in [3.8, 4) is 0 Å². The van der Waals surface area contributed by atoms with Gasteiger partial charge in [-0.2, -0.15) is 12.7 Å². The molecule has 7 heteroatoms. The number of hydrogen-bond acceptors (Lipinski definition) is 5. The van der Waals surface area contributed by atoms with Crippen molar-refractivity contribution in [1.29, 1.82) is 0 Å². The lowest BCUT2D eigenvalue weighted by Gasteiger charge is -2.28. The summed E-state index contributed by atoms with van der Waals surface area (Å²) < 4.78 is 34.0. The molecule has 2 atom stereocenters. The van der Waals surface area contributed by atoms with Crippen LogP contribution in [0, 0.1) is 5.92 Å². The van der Waals surface area contributed by atoms with Crippen LogP contribution in [-0.2, 0) is 19.2 Å². The van der Waals surface area contributed by atoms with Crippen LogP contribution < -0.4 is 0 Å². The topological polar surface area (TPSA) is 72.9 Å². The quantitative estimate of drug-likeness (QED) is 0.772. The molecule has 0 spiro atoms. The number of carbonyl (C=O) groups is 1. The van der Waals surface area contributed by atoms with Gasteiger partial charge >= 0.3 is 16.4 Å². The molecule has 0 radical (unpaired) electrons. The highest BCUT2D eigenvalue weighted by atomic mass is 32.2. The Morgan fingerprint density at radius 1 is 1.50 bits per heavy atom. The van der Waals surface area contributed by atoms with Crippen molar-refractivity contribution in [2.24, 2.45) is 5.92 Å². The Kier molecular flexibility index (Phi) is 4.27. The summed E-state index contributed by atoms with van der Waals surface area (Å²) in [7, 11) is -4.00. The number of hydrogen-bond donors (Lipinski definition) is 0. The second-order valence-corrected chi connectivity index (χ2v) is 6.96. The average molecular weight is 279 g/mol. The van der Waals surface area contributed by atoms with E-state index >= 15 is 0 Å². The van der Waals surface area contributed by atoms with Crippen LogP contribution in [0.25, 0.3) is 0 Å². The van der Waals surface area contributed by atoms with Gasteiger partial charge in [-0.1, -0.05) is 20.3 Å². The van der Waals surface area contributed by atoms with Crippen LogP contribution in [0.4, 0.5) is 4.79 Å². The van der Waals surface area contributed by atoms with Crippen molar-refractivity contribution < 1.29 is 22.1 Å². The van der Waals surface area contributed by atoms with E-state index in [0.29, 0.717) is 0 Å². The number of nitrogens with zero attached hydrogens (tertiary/aromatic N) is 1. The highest BCUT2D eigenvalue weighted by Crippen LogP contribution is 2.28. The molecular formula is C11H21NO5S. The number of rotatable bonds is 2. The van der Waals surface area contributed by atoms with Gasteiger partial charge < -0.3 is 4.74 Å². The minimum Gasteiger partial charge on any atom is -0.443 e. The molecule has 0 aromatic heterocycles. The molecule has 6 nitrogen and oxygen atoms in total. The van der Waals surface area contributed by atoms with Crippen molar-refractivity contribution in [2.45, 2.75) is 52.7 Å². The van der Waals surface area contributed by atoms with Crippen LogP contribution in [0.3, 0.4) is 0 Å². The molecule has 1 unspecified atom stereocenters. The molecule has 1 aliphatic heterocycles. The summed E-state index contributed by atoms with van der Waals surface area (Å²) in [5.74, 6) is 0.0230. The zero-order valence-electron chi connectivity index (χ0n) is 11.5. The van der Waals surface area contributed by atoms with Gasteiger partial charge in [-0.25, -0.2) is 4.79 Å². The lowest BCUT2D eigenvalue weighted by Crippen LogP contribution is -2.45. The van der Waals surface area contributed by atoms with Gasteiger partial charge in [0.25, 0.3) is 0 Å². The fourth-order valence-electron chi connectivity index (χ4n) is 1.65. The van der Waals surface area contributed by atoms with Gasteiger partial charge in [0.1, 0.15) is 5.60 Å². The van der Waals surface area contributed by atoms with Gasteiger partial charge in [0, 0.05) is 0 Å². The smallest absolute Gasteiger partial charge is 0.426 e. The highest BCUT2D eigenvalue weighted by Gasteiger charge is 2.46. The molecular weight excluding hydrogens is 258 g/mol. The number of carbonyl (C=O) groups excluding carboxylic acids is 1. The third kappa shape index (κ3) is 3.35. The van der Waals surface area contributed by atoms with Crippen molar-refractivity contribution in [1.82, 2.24) is 4.31 Å². The average Bonchev–Trinajstić information content (AvgIpc) is 2.50. The first kappa shape index (κ1) is 15.2. The molecule has 0 saturated carbocycles. The first-order chi connectivity index (χ1) is 8.08. The molecule has 1 amide bonds. The van der Waals surface area contributed by atoms with E-state index in [4.69, 9.17) is 8.92 Å². The summed E-state index contributed by atoms with van der Waals surface area (Å²) in [5.41, 5.74) is -0.741. The molecule has 1 saturated heterocycles. The third-order valence-corrected chi connectivity index (χ3v) is 4.14. The lowest BCUT2D eigenvalue weighted by molar-refractivity contribution is 0.0325. The third-order valence-electron chi connectivity index (χ3n) is 2.80. The molecule has 0 aromatic carbocycles. The molecule has 0 aliphatic carbocycles. The van der Waals surface area contributed by atoms with Gasteiger partial charge in [0.15, 0.2) is 0 Å². The highest BCUT2D eigenvalue weighted by molar-refractivity contribution is 7.85. The maximum atomic E-state index is 12.0. The number of ether oxygens (including phenoxy) is 1. The van der Waals surface area contributed by atoms with Crippen LogP contribution in [0.1, 0.15) is 41.0 Å². The van der Waals surface area contributed by atoms with E-state index in [2.05, 4.69) is 0 Å². The fraction of sp³-hybridized carbons (Fsp3) is 0.909. The maximum absolute atomic E-state index is 12.0. The Morgan fingerprint density at radius 2 is 2.06 bits per heavy atom. The van der Waals surface area contributed by atoms with E-state index in [9.17, 15) is 13.2 Å². The SMILES string of the molecule is CC[C@@H](C)C1COS(=O)(=O)N1C(=O)OC(C)(C)C. The van der Waals surface area contributed by atoms with Gasteiger partial charge in [0.05, 0.1) is 12.6 Å². The molecule has 0 aromatic rings. The van der Waals surface area contributed by atoms with E-state index in [1.807, 2.05) is 13.8 Å². The molecule has 106 valence electrons. The Bertz CT molecular complexity index is 412. The molecule has 0 N–H and O–H groups in total. The predicted molar refractivity (Wildman–Crippen MR) is 66.2 cm³/mol. The fourth-order valence-corrected chi connectivity index (χ4v) is 2.89. The summed E-state index contributed by atoms with van der Waals surface area (Å²) in [6.45, 7) is 8.87. The molecule has 1 rings (SSSR count). The second kappa shape index (κ2) is 5.05. The van der Waals surface area contributed by atoms with Crippen LogP contribution in [-0.4, -0.2) is 37.1 Å². The van der Waals surface area contributed by atoms with Crippen LogP contribution in [0.5, 0.6) is 0 Å². The Hall–Kier alpha value is -0.820. The minimum atomic E-state index is -4.00. The minimum absolute atomic E-state index is 0.00339. The molecule has 1 fully saturated rings. The van der Waals surface area contributed by atoms with E-state index in [0.717, 1.165) is 10.7 Å². The molecule has 1 heterocycles. The first-order valence-corrected chi connectivity index (χ1v) is 7.36. The molecule has 1 aliphatic rings. The lowest BCUT2D eigenvalue weighted by atomic mass is 10.0. The van der Waals surface area contributed by atoms with Crippen LogP contribution >= 0.6 is 0 Å². The zero-order valence-corrected chi connectivity index (χ0v) is 12.3. The van der Waals surface area contributed by atoms with Gasteiger partial charge in [-0.15, -0.1) is 0 Å². The van der Waals surface area contributed by atoms with E-state index in [-0.39, 0.29) is 12.5 Å². The van der Waals surface area contributed by atoms with E-state index < -0.39 is 28.0 Å². The second-order valence-electron chi connectivity index (χ2n) is 5.47. The summed E-state index contributed by atoms with van der Waals surface area (Å²) >= 11 is 0. The summed E-state index contributed by atoms with van der Waals surface area (Å²) in [6.07, 6.45) is -0.117. The number of amides is 1. The van der Waals surface area contributed by atoms with Crippen LogP contribution in [0.2, 0.25) is 0 Å². The standard InChI is InChI=1S/C11H21NO5S/c1-6-8(2)9-7-16-18(14,15)12(9)10(13)17-11(3,4)5/h8-9H,6-7H2,1-5H3/t8-,9?/m1/s1. The Labute approximate surface area is 109 Å². The van der Waals surface area contributed by atoms with Crippen LogP contribution in [0.15, 0.2) is 0 Å². The summed E-state index contributed by atoms with van der Waals surface area (Å²) in [5, 5.41) is 0. The van der Waals surface area contributed by atoms with Crippen molar-refractivity contribution in [3.05, 3.63) is 0 Å². The van der Waals surface area contributed by atoms with Crippen molar-refractivity contribution >= 4 is 16.4 Å². The van der Waals surface area contributed by atoms with Crippen molar-refractivity contribution in [3.63, 3.8) is 0 Å². The Balaban J connectivity index is 2.96. The summed E-state index contributed by atoms with van der Waals surface area (Å²) in [6, 6.07) is -0.491. The normalized spacial score (nSPS) is 24.9. The summed E-state index contributed by atoms with van der Waals surface area (Å²) in [4.78, 5) is 12.0. The van der Waals surface area contributed by atoms with Gasteiger partial charge in [-0.05, 0) is 26.7 Å². The maximum Gasteiger partial charge on any atom is 0.426 e. The first-order valence-electron chi connectivity index (χ1n) is 6.00. The van der Waals surface area contributed by atoms with Gasteiger partial charge in [0.2, 0.25) is 0 Å². The monoisotopic (exact) mass is 279 g/mol. The largest absolute Gasteiger partial charge is 0.443 e. The van der Waals surface area contributed by atoms with Crippen molar-refractivity contribution in [2.75, 3.05) is 6.61 Å².